The molecule has 0 saturated carbocycles. The Kier molecular flexibility index (Phi) is 4.18. The normalized spacial score (nSPS) is 10.6. The number of hydrogen-bond acceptors (Lipinski definition) is 6. The van der Waals surface area contributed by atoms with Crippen LogP contribution in [0, 0.1) is 6.92 Å². The Balaban J connectivity index is 1.94. The van der Waals surface area contributed by atoms with Crippen LogP contribution in [0.15, 0.2) is 6.33 Å². The van der Waals surface area contributed by atoms with Crippen molar-refractivity contribution in [3.63, 3.8) is 0 Å². The van der Waals surface area contributed by atoms with Crippen molar-refractivity contribution in [3.8, 4) is 0 Å². The van der Waals surface area contributed by atoms with E-state index in [-0.39, 0.29) is 18.1 Å². The first-order valence-electron chi connectivity index (χ1n) is 5.73. The number of carbonyl (C=O) groups is 1. The molecule has 2 aromatic rings. The smallest absolute Gasteiger partial charge is 0.274 e. The molecule has 102 valence electrons. The van der Waals surface area contributed by atoms with E-state index in [2.05, 4.69) is 30.9 Å². The van der Waals surface area contributed by atoms with E-state index in [0.717, 1.165) is 0 Å². The number of nitrogens with zero attached hydrogens (tertiary/aromatic N) is 5. The maximum atomic E-state index is 11.8. The molecule has 0 aliphatic carbocycles. The molecular weight excluding hydrogens is 250 g/mol. The average molecular weight is 265 g/mol. The van der Waals surface area contributed by atoms with Gasteiger partial charge in [0.15, 0.2) is 11.5 Å². The second-order valence-corrected chi connectivity index (χ2v) is 3.87. The Labute approximate surface area is 109 Å². The van der Waals surface area contributed by atoms with Crippen molar-refractivity contribution in [1.29, 1.82) is 0 Å². The highest BCUT2D eigenvalue weighted by Crippen LogP contribution is 2.00. The summed E-state index contributed by atoms with van der Waals surface area (Å²) in [6.07, 6.45) is 1.60. The minimum Gasteiger partial charge on any atom is -0.383 e. The highest BCUT2D eigenvalue weighted by Gasteiger charge is 2.14. The largest absolute Gasteiger partial charge is 0.383 e. The zero-order valence-electron chi connectivity index (χ0n) is 10.8. The van der Waals surface area contributed by atoms with Crippen LogP contribution in [0.5, 0.6) is 0 Å². The maximum Gasteiger partial charge on any atom is 0.274 e. The molecule has 0 aliphatic heterocycles. The first-order valence-corrected chi connectivity index (χ1v) is 5.73. The molecule has 1 amide bonds. The van der Waals surface area contributed by atoms with E-state index in [4.69, 9.17) is 4.74 Å². The quantitative estimate of drug-likeness (QED) is 0.713. The van der Waals surface area contributed by atoms with Crippen LogP contribution in [0.3, 0.4) is 0 Å². The third-order valence-corrected chi connectivity index (χ3v) is 2.58. The lowest BCUT2D eigenvalue weighted by molar-refractivity contribution is 0.0943. The van der Waals surface area contributed by atoms with Gasteiger partial charge in [0.1, 0.15) is 6.33 Å². The van der Waals surface area contributed by atoms with Crippen molar-refractivity contribution in [3.05, 3.63) is 23.5 Å². The van der Waals surface area contributed by atoms with E-state index in [1.165, 1.54) is 0 Å². The van der Waals surface area contributed by atoms with Crippen LogP contribution >= 0.6 is 0 Å². The van der Waals surface area contributed by atoms with E-state index >= 15 is 0 Å². The molecule has 0 saturated heterocycles. The van der Waals surface area contributed by atoms with Gasteiger partial charge in [0.2, 0.25) is 0 Å². The Bertz CT molecular complexity index is 548. The fourth-order valence-corrected chi connectivity index (χ4v) is 1.53. The number of H-pyrrole nitrogens is 1. The fraction of sp³-hybridized carbons (Fsp3) is 0.500. The van der Waals surface area contributed by atoms with Gasteiger partial charge in [-0.15, -0.1) is 10.2 Å². The Morgan fingerprint density at radius 1 is 1.53 bits per heavy atom. The number of aryl methyl sites for hydroxylation is 1. The Morgan fingerprint density at radius 2 is 2.37 bits per heavy atom. The molecule has 0 aliphatic rings. The summed E-state index contributed by atoms with van der Waals surface area (Å²) in [6, 6.07) is 0. The van der Waals surface area contributed by atoms with Gasteiger partial charge in [0.25, 0.3) is 5.91 Å². The molecule has 0 spiro atoms. The number of aromatic nitrogens is 6. The average Bonchev–Trinajstić information content (AvgIpc) is 3.02. The monoisotopic (exact) mass is 265 g/mol. The highest BCUT2D eigenvalue weighted by molar-refractivity contribution is 5.92. The van der Waals surface area contributed by atoms with Crippen molar-refractivity contribution in [2.45, 2.75) is 20.0 Å². The fourth-order valence-electron chi connectivity index (χ4n) is 1.53. The summed E-state index contributed by atoms with van der Waals surface area (Å²) in [4.78, 5) is 11.8. The summed E-state index contributed by atoms with van der Waals surface area (Å²) in [5.41, 5.74) is 0.835. The van der Waals surface area contributed by atoms with Gasteiger partial charge in [-0.25, -0.2) is 0 Å². The van der Waals surface area contributed by atoms with Crippen LogP contribution in [0.2, 0.25) is 0 Å². The van der Waals surface area contributed by atoms with Crippen molar-refractivity contribution >= 4 is 5.91 Å². The van der Waals surface area contributed by atoms with E-state index in [9.17, 15) is 4.79 Å². The molecule has 2 heterocycles. The molecular formula is C10H15N7O2. The van der Waals surface area contributed by atoms with Crippen LogP contribution in [0.4, 0.5) is 0 Å². The molecule has 0 aromatic carbocycles. The Hall–Kier alpha value is -2.29. The molecule has 0 unspecified atom stereocenters. The summed E-state index contributed by atoms with van der Waals surface area (Å²) in [7, 11) is 1.62. The van der Waals surface area contributed by atoms with Crippen molar-refractivity contribution in [1.82, 2.24) is 35.5 Å². The third-order valence-electron chi connectivity index (χ3n) is 2.58. The van der Waals surface area contributed by atoms with E-state index in [1.807, 2.05) is 4.57 Å². The molecule has 19 heavy (non-hydrogen) atoms. The highest BCUT2D eigenvalue weighted by atomic mass is 16.5. The lowest BCUT2D eigenvalue weighted by atomic mass is 10.3. The van der Waals surface area contributed by atoms with Gasteiger partial charge >= 0.3 is 0 Å². The summed E-state index contributed by atoms with van der Waals surface area (Å²) in [5, 5.41) is 20.4. The summed E-state index contributed by atoms with van der Waals surface area (Å²) in [5.74, 6) is 0.360. The number of carbonyl (C=O) groups excluding carboxylic acids is 1. The molecule has 9 nitrogen and oxygen atoms in total. The Morgan fingerprint density at radius 3 is 3.05 bits per heavy atom. The number of nitrogens with one attached hydrogen (secondary N) is 2. The lowest BCUT2D eigenvalue weighted by Gasteiger charge is -2.06. The third kappa shape index (κ3) is 3.13. The lowest BCUT2D eigenvalue weighted by Crippen LogP contribution is -2.26. The van der Waals surface area contributed by atoms with Crippen LogP contribution in [0.25, 0.3) is 0 Å². The summed E-state index contributed by atoms with van der Waals surface area (Å²) >= 11 is 0. The molecule has 0 atom stereocenters. The van der Waals surface area contributed by atoms with Gasteiger partial charge in [0, 0.05) is 13.7 Å². The first kappa shape index (κ1) is 13.1. The molecule has 9 heteroatoms. The standard InChI is InChI=1S/C10H15N7O2/c1-7-9(15-16-13-7)10(18)11-5-8-14-12-6-17(8)3-4-19-2/h6H,3-5H2,1-2H3,(H,11,18)(H,13,15,16). The predicted molar refractivity (Wildman–Crippen MR) is 64.2 cm³/mol. The second-order valence-electron chi connectivity index (χ2n) is 3.87. The van der Waals surface area contributed by atoms with E-state index in [1.54, 1.807) is 20.4 Å². The molecule has 0 fully saturated rings. The van der Waals surface area contributed by atoms with Crippen LogP contribution in [-0.4, -0.2) is 49.8 Å². The van der Waals surface area contributed by atoms with Gasteiger partial charge < -0.3 is 14.6 Å². The number of amides is 1. The number of rotatable bonds is 6. The van der Waals surface area contributed by atoms with Crippen molar-refractivity contribution in [2.75, 3.05) is 13.7 Å². The number of methoxy groups -OCH3 is 1. The van der Waals surface area contributed by atoms with Gasteiger partial charge in [-0.2, -0.15) is 15.4 Å². The van der Waals surface area contributed by atoms with Crippen LogP contribution in [-0.2, 0) is 17.8 Å². The minimum absolute atomic E-state index is 0.273. The minimum atomic E-state index is -0.299. The van der Waals surface area contributed by atoms with E-state index < -0.39 is 0 Å². The molecule has 0 bridgehead atoms. The van der Waals surface area contributed by atoms with Gasteiger partial charge in [-0.1, -0.05) is 0 Å². The predicted octanol–water partition coefficient (Wildman–Crippen LogP) is -0.719. The SMILES string of the molecule is COCCn1cnnc1CNC(=O)c1n[nH]nc1C. The van der Waals surface area contributed by atoms with E-state index in [0.29, 0.717) is 24.7 Å². The van der Waals surface area contributed by atoms with Crippen molar-refractivity contribution < 1.29 is 9.53 Å². The number of ether oxygens (including phenoxy) is 1. The summed E-state index contributed by atoms with van der Waals surface area (Å²) in [6.45, 7) is 3.17. The second kappa shape index (κ2) is 6.05. The molecule has 2 N–H and O–H groups in total. The first-order chi connectivity index (χ1) is 9.22. The van der Waals surface area contributed by atoms with Gasteiger partial charge in [-0.05, 0) is 6.92 Å². The zero-order chi connectivity index (χ0) is 13.7. The van der Waals surface area contributed by atoms with Crippen LogP contribution < -0.4 is 5.32 Å². The zero-order valence-corrected chi connectivity index (χ0v) is 10.8. The molecule has 2 aromatic heterocycles. The summed E-state index contributed by atoms with van der Waals surface area (Å²) < 4.78 is 6.80. The topological polar surface area (TPSA) is 111 Å². The van der Waals surface area contributed by atoms with Gasteiger partial charge in [0.05, 0.1) is 18.8 Å². The van der Waals surface area contributed by atoms with Crippen LogP contribution in [0.1, 0.15) is 22.0 Å². The molecule has 2 rings (SSSR count). The van der Waals surface area contributed by atoms with Gasteiger partial charge in [-0.3, -0.25) is 4.79 Å². The van der Waals surface area contributed by atoms with Crippen molar-refractivity contribution in [2.24, 2.45) is 0 Å². The maximum absolute atomic E-state index is 11.8. The number of aromatic amines is 1. The molecule has 0 radical (unpaired) electrons. The number of hydrogen-bond donors (Lipinski definition) is 2.